The summed E-state index contributed by atoms with van der Waals surface area (Å²) in [6.07, 6.45) is 0. The van der Waals surface area contributed by atoms with E-state index in [1.54, 1.807) is 0 Å². The third-order valence-corrected chi connectivity index (χ3v) is 12.0. The molecular weight excluding hydrogens is 633 g/mol. The fourth-order valence-electron chi connectivity index (χ4n) is 3.73. The van der Waals surface area contributed by atoms with Gasteiger partial charge in [0.05, 0.1) is 9.79 Å². The first-order valence-electron chi connectivity index (χ1n) is 11.4. The average molecular weight is 653 g/mol. The number of rotatable bonds is 10. The highest BCUT2D eigenvalue weighted by atomic mass is 32.3. The summed E-state index contributed by atoms with van der Waals surface area (Å²) in [4.78, 5) is -2.63. The third kappa shape index (κ3) is 6.27. The van der Waals surface area contributed by atoms with E-state index in [1.807, 2.05) is 0 Å². The van der Waals surface area contributed by atoms with Crippen LogP contribution < -0.4 is 0 Å². The molecule has 0 spiro atoms. The van der Waals surface area contributed by atoms with Crippen molar-refractivity contribution in [3.05, 3.63) is 83.9 Å². The summed E-state index contributed by atoms with van der Waals surface area (Å²) in [5, 5.41) is 6.43. The predicted octanol–water partition coefficient (Wildman–Crippen LogP) is 4.97. The first-order chi connectivity index (χ1) is 19.5. The van der Waals surface area contributed by atoms with Gasteiger partial charge in [-0.05, 0) is 84.3 Å². The van der Waals surface area contributed by atoms with Gasteiger partial charge in [0.25, 0.3) is 0 Å². The summed E-state index contributed by atoms with van der Waals surface area (Å²) in [6.45, 7) is 3.07. The van der Waals surface area contributed by atoms with Gasteiger partial charge in [-0.1, -0.05) is 24.3 Å². The zero-order valence-electron chi connectivity index (χ0n) is 21.5. The molecule has 0 atom stereocenters. The van der Waals surface area contributed by atoms with Crippen molar-refractivity contribution < 1.29 is 40.9 Å². The van der Waals surface area contributed by atoms with Crippen LogP contribution >= 0.6 is 0 Å². The zero-order valence-corrected chi connectivity index (χ0v) is 24.8. The molecule has 4 aromatic carbocycles. The summed E-state index contributed by atoms with van der Waals surface area (Å²) < 4.78 is 112. The van der Waals surface area contributed by atoms with Crippen molar-refractivity contribution in [3.8, 4) is 0 Å². The van der Waals surface area contributed by atoms with Crippen LogP contribution in [0.3, 0.4) is 0 Å². The van der Waals surface area contributed by atoms with Crippen LogP contribution in [-0.4, -0.2) is 33.7 Å². The molecule has 0 unspecified atom stereocenters. The van der Waals surface area contributed by atoms with Crippen molar-refractivity contribution in [2.45, 2.75) is 33.4 Å². The van der Waals surface area contributed by atoms with Crippen molar-refractivity contribution in [1.82, 2.24) is 0 Å². The number of fused-ring (bicyclic) bond motifs is 1. The second-order valence-electron chi connectivity index (χ2n) is 8.79. The van der Waals surface area contributed by atoms with E-state index < -0.39 is 60.1 Å². The van der Waals surface area contributed by atoms with Gasteiger partial charge >= 0.3 is 40.5 Å². The monoisotopic (exact) mass is 652 g/mol. The summed E-state index contributed by atoms with van der Waals surface area (Å²) in [5.74, 6) is 0. The molecule has 18 heteroatoms. The van der Waals surface area contributed by atoms with E-state index in [0.717, 1.165) is 36.4 Å². The van der Waals surface area contributed by atoms with E-state index in [1.165, 1.54) is 50.2 Å². The van der Waals surface area contributed by atoms with Gasteiger partial charge in [0, 0.05) is 0 Å². The molecule has 0 aliphatic rings. The maximum Gasteiger partial charge on any atom is 0.313 e. The molecule has 4 rings (SSSR count). The molecule has 0 amide bonds. The van der Waals surface area contributed by atoms with Gasteiger partial charge in [0.2, 0.25) is 0 Å². The van der Waals surface area contributed by atoms with E-state index in [-0.39, 0.29) is 16.8 Å². The first-order valence-corrected chi connectivity index (χ1v) is 17.0. The van der Waals surface area contributed by atoms with Crippen LogP contribution in [-0.2, 0) is 47.7 Å². The minimum absolute atomic E-state index is 0.0473. The fourth-order valence-corrected chi connectivity index (χ4v) is 9.24. The van der Waals surface area contributed by atoms with Crippen LogP contribution in [0.5, 0.6) is 0 Å². The second-order valence-corrected chi connectivity index (χ2v) is 15.3. The molecule has 0 fully saturated rings. The lowest BCUT2D eigenvalue weighted by molar-refractivity contribution is 0.458. The van der Waals surface area contributed by atoms with Crippen LogP contribution in [0.4, 0.5) is 11.4 Å². The Morgan fingerprint density at radius 1 is 0.500 bits per heavy atom. The van der Waals surface area contributed by atoms with Crippen LogP contribution in [0.2, 0.25) is 0 Å². The van der Waals surface area contributed by atoms with E-state index in [2.05, 4.69) is 17.5 Å². The quantitative estimate of drug-likeness (QED) is 0.218. The van der Waals surface area contributed by atoms with E-state index >= 15 is 0 Å². The lowest BCUT2D eigenvalue weighted by atomic mass is 10.1. The molecule has 0 bridgehead atoms. The Hall–Kier alpha value is -3.94. The zero-order chi connectivity index (χ0) is 31.1. The van der Waals surface area contributed by atoms with Crippen molar-refractivity contribution in [1.29, 1.82) is 11.1 Å². The van der Waals surface area contributed by atoms with E-state index in [4.69, 9.17) is 11.1 Å². The minimum Gasteiger partial charge on any atom is -0.204 e. The Bertz CT molecular complexity index is 2060. The first kappa shape index (κ1) is 31.0. The van der Waals surface area contributed by atoms with Crippen molar-refractivity contribution in [3.63, 3.8) is 0 Å². The molecule has 0 aliphatic carbocycles. The molecule has 0 heterocycles. The average Bonchev–Trinajstić information content (AvgIpc) is 2.91. The fraction of sp³-hybridized carbons (Fsp3) is 0.0833. The SMILES string of the molecule is Cc1ccc(N=N)c(S(=O)(=O)OS(=O)(=O)c2ccc3ccc(S(=O)(=O)OS(=O)(=O)c4cc(C)ccc4N=N)cc3c2)c1. The van der Waals surface area contributed by atoms with Gasteiger partial charge in [0.15, 0.2) is 0 Å². The van der Waals surface area contributed by atoms with Gasteiger partial charge in [-0.2, -0.15) is 43.9 Å². The van der Waals surface area contributed by atoms with Gasteiger partial charge < -0.3 is 0 Å². The summed E-state index contributed by atoms with van der Waals surface area (Å²) in [6, 6.07) is 13.9. The molecule has 0 saturated carbocycles. The number of aryl methyl sites for hydroxylation is 2. The molecule has 2 N–H and O–H groups in total. The van der Waals surface area contributed by atoms with E-state index in [0.29, 0.717) is 16.5 Å². The topological polar surface area (TPSA) is 227 Å². The summed E-state index contributed by atoms with van der Waals surface area (Å²) in [7, 11) is -20.0. The molecule has 42 heavy (non-hydrogen) atoms. The van der Waals surface area contributed by atoms with Crippen LogP contribution in [0.1, 0.15) is 11.1 Å². The lowest BCUT2D eigenvalue weighted by Gasteiger charge is -2.11. The Morgan fingerprint density at radius 2 is 0.881 bits per heavy atom. The Balaban J connectivity index is 1.71. The molecule has 0 saturated heterocycles. The second kappa shape index (κ2) is 11.0. The Morgan fingerprint density at radius 3 is 1.24 bits per heavy atom. The molecule has 0 radical (unpaired) electrons. The molecule has 0 aromatic heterocycles. The molecule has 0 aliphatic heterocycles. The predicted molar refractivity (Wildman–Crippen MR) is 147 cm³/mol. The van der Waals surface area contributed by atoms with E-state index in [9.17, 15) is 33.7 Å². The maximum atomic E-state index is 12.9. The van der Waals surface area contributed by atoms with Crippen molar-refractivity contribution in [2.24, 2.45) is 10.2 Å². The van der Waals surface area contributed by atoms with Crippen LogP contribution in [0.15, 0.2) is 103 Å². The van der Waals surface area contributed by atoms with Crippen molar-refractivity contribution in [2.75, 3.05) is 0 Å². The number of hydrogen-bond acceptors (Lipinski definition) is 14. The highest BCUT2D eigenvalue weighted by molar-refractivity contribution is 8.00. The lowest BCUT2D eigenvalue weighted by Crippen LogP contribution is -2.15. The number of benzene rings is 4. The minimum atomic E-state index is -5.02. The van der Waals surface area contributed by atoms with Gasteiger partial charge in [-0.25, -0.2) is 11.1 Å². The van der Waals surface area contributed by atoms with Crippen molar-refractivity contribution >= 4 is 62.6 Å². The number of nitrogens with one attached hydrogen (secondary N) is 2. The van der Waals surface area contributed by atoms with Crippen LogP contribution in [0, 0.1) is 24.9 Å². The summed E-state index contributed by atoms with van der Waals surface area (Å²) >= 11 is 0. The summed E-state index contributed by atoms with van der Waals surface area (Å²) in [5.41, 5.74) is 14.5. The normalized spacial score (nSPS) is 12.7. The number of hydrogen-bond donors (Lipinski definition) is 2. The third-order valence-electron chi connectivity index (χ3n) is 5.73. The maximum absolute atomic E-state index is 12.9. The molecule has 220 valence electrons. The van der Waals surface area contributed by atoms with Gasteiger partial charge in [-0.3, -0.25) is 0 Å². The largest absolute Gasteiger partial charge is 0.313 e. The molecule has 4 aromatic rings. The van der Waals surface area contributed by atoms with Gasteiger partial charge in [0.1, 0.15) is 21.2 Å². The standard InChI is InChI=1S/C24H20N4O10S4/c1-15-3-9-21(27-25)23(11-15)41(33,34)37-39(29,30)19-7-5-17-6-8-20(14-18(17)13-19)40(31,32)38-42(35,36)24-12-16(2)4-10-22(24)28-26/h3-14,25-26H,1-2H3. The van der Waals surface area contributed by atoms with Gasteiger partial charge in [-0.15, -0.1) is 7.26 Å². The Kier molecular flexibility index (Phi) is 8.15. The molecule has 14 nitrogen and oxygen atoms in total. The molecular formula is C24H20N4O10S4. The highest BCUT2D eigenvalue weighted by Crippen LogP contribution is 2.32. The van der Waals surface area contributed by atoms with Crippen LogP contribution in [0.25, 0.3) is 10.8 Å². The number of nitrogens with zero attached hydrogens (tertiary/aromatic N) is 2. The Labute approximate surface area is 241 Å². The highest BCUT2D eigenvalue weighted by Gasteiger charge is 2.31. The smallest absolute Gasteiger partial charge is 0.204 e.